The third-order valence-corrected chi connectivity index (χ3v) is 7.16. The van der Waals surface area contributed by atoms with Crippen molar-refractivity contribution in [3.63, 3.8) is 0 Å². The van der Waals surface area contributed by atoms with E-state index in [1.54, 1.807) is 0 Å². The Labute approximate surface area is 218 Å². The lowest BCUT2D eigenvalue weighted by molar-refractivity contribution is -0.0419. The summed E-state index contributed by atoms with van der Waals surface area (Å²) >= 11 is 0. The fourth-order valence-electron chi connectivity index (χ4n) is 4.87. The average Bonchev–Trinajstić information content (AvgIpc) is 3.89. The quantitative estimate of drug-likeness (QED) is 0.284. The van der Waals surface area contributed by atoms with Crippen LogP contribution in [0.1, 0.15) is 34.5 Å². The molecular weight excluding hydrogens is 460 g/mol. The molecule has 4 unspecified atom stereocenters. The van der Waals surface area contributed by atoms with E-state index in [0.717, 1.165) is 44.5 Å². The Bertz CT molecular complexity index is 1240. The number of ether oxygens (including phenoxy) is 3. The van der Waals surface area contributed by atoms with Gasteiger partial charge >= 0.3 is 0 Å². The molecule has 4 aromatic carbocycles. The van der Waals surface area contributed by atoms with Crippen LogP contribution in [-0.4, -0.2) is 25.4 Å². The molecule has 0 aliphatic carbocycles. The van der Waals surface area contributed by atoms with Crippen molar-refractivity contribution in [2.45, 2.75) is 37.5 Å². The Morgan fingerprint density at radius 2 is 1.00 bits per heavy atom. The minimum Gasteiger partial charge on any atom is -0.370 e. The summed E-state index contributed by atoms with van der Waals surface area (Å²) in [6, 6.07) is 33.9. The summed E-state index contributed by atoms with van der Waals surface area (Å²) < 4.78 is 18.2. The number of hydrogen-bond donors (Lipinski definition) is 2. The molecule has 2 aliphatic rings. The Morgan fingerprint density at radius 1 is 0.595 bits per heavy atom. The van der Waals surface area contributed by atoms with Crippen molar-refractivity contribution in [3.8, 4) is 22.3 Å². The molecule has 6 rings (SSSR count). The van der Waals surface area contributed by atoms with Gasteiger partial charge in [-0.05, 0) is 56.6 Å². The van der Waals surface area contributed by atoms with Gasteiger partial charge in [-0.1, -0.05) is 84.9 Å². The molecule has 0 radical (unpaired) electrons. The summed E-state index contributed by atoms with van der Waals surface area (Å²) in [5.41, 5.74) is 20.8. The zero-order chi connectivity index (χ0) is 25.2. The van der Waals surface area contributed by atoms with Gasteiger partial charge in [0.2, 0.25) is 0 Å². The Hall–Kier alpha value is -3.32. The summed E-state index contributed by atoms with van der Waals surface area (Å²) in [5, 5.41) is 0. The Balaban J connectivity index is 1.22. The number of nitrogens with two attached hydrogens (primary N) is 2. The second-order valence-electron chi connectivity index (χ2n) is 9.77. The van der Waals surface area contributed by atoms with Gasteiger partial charge in [-0.2, -0.15) is 0 Å². The summed E-state index contributed by atoms with van der Waals surface area (Å²) in [7, 11) is 0. The van der Waals surface area contributed by atoms with Crippen LogP contribution in [0, 0.1) is 0 Å². The second-order valence-corrected chi connectivity index (χ2v) is 9.77. The SMILES string of the molecule is NCc1cccc(-c2ccc(C(OC(c3ccc(-c4cccc(CN)c4)cc3)C3CO3)C3CO3)cc2)c1. The van der Waals surface area contributed by atoms with Crippen molar-refractivity contribution in [2.75, 3.05) is 13.2 Å². The van der Waals surface area contributed by atoms with Crippen LogP contribution < -0.4 is 11.5 Å². The molecule has 4 atom stereocenters. The van der Waals surface area contributed by atoms with E-state index in [9.17, 15) is 0 Å². The second kappa shape index (κ2) is 10.6. The van der Waals surface area contributed by atoms with Crippen molar-refractivity contribution >= 4 is 0 Å². The van der Waals surface area contributed by atoms with E-state index in [0.29, 0.717) is 26.3 Å². The van der Waals surface area contributed by atoms with E-state index in [1.807, 2.05) is 0 Å². The molecule has 2 fully saturated rings. The third-order valence-electron chi connectivity index (χ3n) is 7.16. The monoisotopic (exact) mass is 492 g/mol. The molecule has 2 saturated heterocycles. The van der Waals surface area contributed by atoms with Gasteiger partial charge in [-0.3, -0.25) is 0 Å². The largest absolute Gasteiger partial charge is 0.370 e. The highest BCUT2D eigenvalue weighted by atomic mass is 16.6. The van der Waals surface area contributed by atoms with Gasteiger partial charge in [0.1, 0.15) is 24.4 Å². The fraction of sp³-hybridized carbons (Fsp3) is 0.250. The molecule has 0 amide bonds. The molecule has 5 nitrogen and oxygen atoms in total. The van der Waals surface area contributed by atoms with Gasteiger partial charge in [0.15, 0.2) is 0 Å². The minimum atomic E-state index is -0.153. The molecule has 4 aromatic rings. The molecule has 0 bridgehead atoms. The highest BCUT2D eigenvalue weighted by molar-refractivity contribution is 5.65. The van der Waals surface area contributed by atoms with E-state index >= 15 is 0 Å². The first-order chi connectivity index (χ1) is 18.2. The van der Waals surface area contributed by atoms with Gasteiger partial charge in [-0.25, -0.2) is 0 Å². The van der Waals surface area contributed by atoms with Crippen LogP contribution in [0.15, 0.2) is 97.1 Å². The van der Waals surface area contributed by atoms with Crippen molar-refractivity contribution in [1.82, 2.24) is 0 Å². The molecule has 0 spiro atoms. The molecule has 37 heavy (non-hydrogen) atoms. The lowest BCUT2D eigenvalue weighted by Crippen LogP contribution is -2.19. The highest BCUT2D eigenvalue weighted by Crippen LogP contribution is 2.41. The van der Waals surface area contributed by atoms with E-state index in [4.69, 9.17) is 25.7 Å². The summed E-state index contributed by atoms with van der Waals surface area (Å²) in [4.78, 5) is 0. The van der Waals surface area contributed by atoms with Crippen LogP contribution in [0.2, 0.25) is 0 Å². The molecule has 0 saturated carbocycles. The topological polar surface area (TPSA) is 86.3 Å². The van der Waals surface area contributed by atoms with E-state index in [1.165, 1.54) is 0 Å². The number of rotatable bonds is 10. The zero-order valence-corrected chi connectivity index (χ0v) is 20.8. The maximum atomic E-state index is 6.75. The first-order valence-electron chi connectivity index (χ1n) is 12.9. The highest BCUT2D eigenvalue weighted by Gasteiger charge is 2.42. The molecule has 2 aliphatic heterocycles. The van der Waals surface area contributed by atoms with Crippen molar-refractivity contribution < 1.29 is 14.2 Å². The van der Waals surface area contributed by atoms with Crippen molar-refractivity contribution in [3.05, 3.63) is 119 Å². The summed E-state index contributed by atoms with van der Waals surface area (Å²) in [6.07, 6.45) is -0.184. The summed E-state index contributed by atoms with van der Waals surface area (Å²) in [6.45, 7) is 2.48. The first-order valence-corrected chi connectivity index (χ1v) is 12.9. The molecule has 5 heteroatoms. The van der Waals surface area contributed by atoms with Gasteiger partial charge in [0.25, 0.3) is 0 Å². The van der Waals surface area contributed by atoms with Crippen LogP contribution in [0.4, 0.5) is 0 Å². The lowest BCUT2D eigenvalue weighted by atomic mass is 9.98. The standard InChI is InChI=1S/C32H32N2O3/c33-17-21-3-1-5-27(15-21)23-7-11-25(12-8-23)31(29-19-35-29)37-32(30-20-36-30)26-13-9-24(10-14-26)28-6-2-4-22(16-28)18-34/h1-16,29-32H,17-20,33-34H2. The van der Waals surface area contributed by atoms with Crippen LogP contribution >= 0.6 is 0 Å². The Kier molecular flexibility index (Phi) is 6.87. The van der Waals surface area contributed by atoms with Crippen LogP contribution in [-0.2, 0) is 27.3 Å². The predicted molar refractivity (Wildman–Crippen MR) is 146 cm³/mol. The van der Waals surface area contributed by atoms with Crippen molar-refractivity contribution in [2.24, 2.45) is 11.5 Å². The third kappa shape index (κ3) is 5.52. The van der Waals surface area contributed by atoms with Crippen LogP contribution in [0.3, 0.4) is 0 Å². The lowest BCUT2D eigenvalue weighted by Gasteiger charge is -2.24. The molecule has 4 N–H and O–H groups in total. The predicted octanol–water partition coefficient (Wildman–Crippen LogP) is 5.53. The van der Waals surface area contributed by atoms with Gasteiger partial charge in [0.05, 0.1) is 13.2 Å². The maximum Gasteiger partial charge on any atom is 0.112 e. The molecule has 0 aromatic heterocycles. The van der Waals surface area contributed by atoms with Crippen molar-refractivity contribution in [1.29, 1.82) is 0 Å². The smallest absolute Gasteiger partial charge is 0.112 e. The average molecular weight is 493 g/mol. The normalized spacial score (nSPS) is 19.8. The van der Waals surface area contributed by atoms with E-state index in [-0.39, 0.29) is 24.4 Å². The summed E-state index contributed by atoms with van der Waals surface area (Å²) in [5.74, 6) is 0. The first kappa shape index (κ1) is 24.0. The number of hydrogen-bond acceptors (Lipinski definition) is 5. The number of epoxide rings is 2. The van der Waals surface area contributed by atoms with Gasteiger partial charge in [-0.15, -0.1) is 0 Å². The van der Waals surface area contributed by atoms with E-state index < -0.39 is 0 Å². The van der Waals surface area contributed by atoms with Crippen LogP contribution in [0.5, 0.6) is 0 Å². The Morgan fingerprint density at radius 3 is 1.35 bits per heavy atom. The zero-order valence-electron chi connectivity index (χ0n) is 20.8. The van der Waals surface area contributed by atoms with Gasteiger partial charge < -0.3 is 25.7 Å². The molecule has 2 heterocycles. The fourth-order valence-corrected chi connectivity index (χ4v) is 4.87. The number of benzene rings is 4. The van der Waals surface area contributed by atoms with Crippen LogP contribution in [0.25, 0.3) is 22.3 Å². The van der Waals surface area contributed by atoms with E-state index in [2.05, 4.69) is 97.1 Å². The molecule has 188 valence electrons. The minimum absolute atomic E-state index is 0.0611. The van der Waals surface area contributed by atoms with Gasteiger partial charge in [0, 0.05) is 13.1 Å². The molecular formula is C32H32N2O3. The maximum absolute atomic E-state index is 6.75.